The standard InChI is InChI=1S/C25H32N4O2S/c1-3-4-17-26-24(30)12-8-9-18-32-25-28-27-23(19-20-10-6-5-7-11-20)29(25)21-13-15-22(31-2)16-14-21/h5-7,10-11,13-16H,3-4,8-9,12,17-19H2,1-2H3,(H,26,30). The van der Waals surface area contributed by atoms with E-state index >= 15 is 0 Å². The highest BCUT2D eigenvalue weighted by Gasteiger charge is 2.15. The molecule has 0 fully saturated rings. The van der Waals surface area contributed by atoms with Crippen LogP contribution in [-0.2, 0) is 11.2 Å². The van der Waals surface area contributed by atoms with Crippen LogP contribution in [0, 0.1) is 0 Å². The maximum absolute atomic E-state index is 11.9. The first-order chi connectivity index (χ1) is 15.7. The Bertz CT molecular complexity index is 958. The summed E-state index contributed by atoms with van der Waals surface area (Å²) in [6, 6.07) is 18.3. The number of nitrogens with one attached hydrogen (secondary N) is 1. The Balaban J connectivity index is 1.64. The van der Waals surface area contributed by atoms with Crippen LogP contribution in [0.3, 0.4) is 0 Å². The molecule has 0 radical (unpaired) electrons. The van der Waals surface area contributed by atoms with E-state index in [0.717, 1.165) is 60.4 Å². The Hall–Kier alpha value is -2.80. The summed E-state index contributed by atoms with van der Waals surface area (Å²) < 4.78 is 7.43. The van der Waals surface area contributed by atoms with Gasteiger partial charge in [-0.1, -0.05) is 55.4 Å². The van der Waals surface area contributed by atoms with Crippen molar-refractivity contribution in [3.05, 3.63) is 66.0 Å². The van der Waals surface area contributed by atoms with Crippen LogP contribution in [-0.4, -0.2) is 40.1 Å². The second kappa shape index (κ2) is 12.9. The molecule has 0 spiro atoms. The number of nitrogens with zero attached hydrogens (tertiary/aromatic N) is 3. The number of hydrogen-bond acceptors (Lipinski definition) is 5. The lowest BCUT2D eigenvalue weighted by Crippen LogP contribution is -2.23. The van der Waals surface area contributed by atoms with E-state index in [1.807, 2.05) is 42.5 Å². The second-order valence-corrected chi connectivity index (χ2v) is 8.67. The van der Waals surface area contributed by atoms with Crippen molar-refractivity contribution < 1.29 is 9.53 Å². The summed E-state index contributed by atoms with van der Waals surface area (Å²) in [7, 11) is 1.67. The fourth-order valence-electron chi connectivity index (χ4n) is 3.32. The fourth-order valence-corrected chi connectivity index (χ4v) is 4.29. The first-order valence-corrected chi connectivity index (χ1v) is 12.2. The molecule has 0 aliphatic rings. The van der Waals surface area contributed by atoms with E-state index in [1.165, 1.54) is 5.56 Å². The van der Waals surface area contributed by atoms with Gasteiger partial charge in [0.25, 0.3) is 0 Å². The molecule has 0 aliphatic carbocycles. The van der Waals surface area contributed by atoms with Crippen LogP contribution in [0.2, 0.25) is 0 Å². The number of thioether (sulfide) groups is 1. The maximum Gasteiger partial charge on any atom is 0.219 e. The van der Waals surface area contributed by atoms with Crippen molar-refractivity contribution in [3.63, 3.8) is 0 Å². The Morgan fingerprint density at radius 1 is 1.03 bits per heavy atom. The Morgan fingerprint density at radius 2 is 1.81 bits per heavy atom. The number of carbonyl (C=O) groups is 1. The van der Waals surface area contributed by atoms with Gasteiger partial charge in [0.2, 0.25) is 5.91 Å². The minimum Gasteiger partial charge on any atom is -0.497 e. The van der Waals surface area contributed by atoms with Crippen LogP contribution >= 0.6 is 11.8 Å². The smallest absolute Gasteiger partial charge is 0.219 e. The number of carbonyl (C=O) groups excluding carboxylic acids is 1. The van der Waals surface area contributed by atoms with Gasteiger partial charge in [0, 0.05) is 30.8 Å². The lowest BCUT2D eigenvalue weighted by Gasteiger charge is -2.11. The molecule has 1 heterocycles. The highest BCUT2D eigenvalue weighted by atomic mass is 32.2. The molecule has 32 heavy (non-hydrogen) atoms. The molecular formula is C25H32N4O2S. The van der Waals surface area contributed by atoms with Crippen molar-refractivity contribution in [2.75, 3.05) is 19.4 Å². The van der Waals surface area contributed by atoms with Crippen LogP contribution in [0.25, 0.3) is 5.69 Å². The third kappa shape index (κ3) is 7.12. The van der Waals surface area contributed by atoms with Gasteiger partial charge in [0.15, 0.2) is 5.16 Å². The monoisotopic (exact) mass is 452 g/mol. The quantitative estimate of drug-likeness (QED) is 0.290. The molecule has 170 valence electrons. The zero-order valence-corrected chi connectivity index (χ0v) is 19.7. The van der Waals surface area contributed by atoms with E-state index in [9.17, 15) is 4.79 Å². The molecule has 2 aromatic carbocycles. The third-order valence-corrected chi connectivity index (χ3v) is 6.13. The minimum absolute atomic E-state index is 0.148. The summed E-state index contributed by atoms with van der Waals surface area (Å²) in [6.45, 7) is 2.90. The average Bonchev–Trinajstić information content (AvgIpc) is 3.22. The SMILES string of the molecule is CCCCNC(=O)CCCCSc1nnc(Cc2ccccc2)n1-c1ccc(OC)cc1. The molecule has 1 aromatic heterocycles. The average molecular weight is 453 g/mol. The number of ether oxygens (including phenoxy) is 1. The molecule has 1 amide bonds. The number of aromatic nitrogens is 3. The molecule has 3 aromatic rings. The van der Waals surface area contributed by atoms with Gasteiger partial charge >= 0.3 is 0 Å². The molecule has 7 heteroatoms. The van der Waals surface area contributed by atoms with E-state index in [2.05, 4.69) is 39.1 Å². The Kier molecular flexibility index (Phi) is 9.62. The molecule has 0 saturated heterocycles. The van der Waals surface area contributed by atoms with Gasteiger partial charge in [0.1, 0.15) is 11.6 Å². The van der Waals surface area contributed by atoms with Gasteiger partial charge in [-0.15, -0.1) is 10.2 Å². The van der Waals surface area contributed by atoms with Gasteiger partial charge < -0.3 is 10.1 Å². The summed E-state index contributed by atoms with van der Waals surface area (Å²) >= 11 is 1.68. The van der Waals surface area contributed by atoms with Crippen LogP contribution in [0.1, 0.15) is 50.4 Å². The predicted octanol–water partition coefficient (Wildman–Crippen LogP) is 5.05. The zero-order chi connectivity index (χ0) is 22.6. The van der Waals surface area contributed by atoms with Crippen molar-refractivity contribution >= 4 is 17.7 Å². The van der Waals surface area contributed by atoms with Crippen LogP contribution in [0.5, 0.6) is 5.75 Å². The molecular weight excluding hydrogens is 420 g/mol. The van der Waals surface area contributed by atoms with Crippen LogP contribution < -0.4 is 10.1 Å². The molecule has 0 saturated carbocycles. The number of unbranched alkanes of at least 4 members (excludes halogenated alkanes) is 2. The Labute approximate surface area is 194 Å². The van der Waals surface area contributed by atoms with Gasteiger partial charge in [-0.3, -0.25) is 9.36 Å². The van der Waals surface area contributed by atoms with Gasteiger partial charge in [0.05, 0.1) is 7.11 Å². The molecule has 6 nitrogen and oxygen atoms in total. The molecule has 0 bridgehead atoms. The van der Waals surface area contributed by atoms with E-state index in [0.29, 0.717) is 12.8 Å². The van der Waals surface area contributed by atoms with Crippen molar-refractivity contribution in [1.82, 2.24) is 20.1 Å². The number of hydrogen-bond donors (Lipinski definition) is 1. The van der Waals surface area contributed by atoms with Gasteiger partial charge in [-0.2, -0.15) is 0 Å². The number of methoxy groups -OCH3 is 1. The highest BCUT2D eigenvalue weighted by molar-refractivity contribution is 7.99. The number of benzene rings is 2. The van der Waals surface area contributed by atoms with Crippen LogP contribution in [0.15, 0.2) is 59.8 Å². The molecule has 1 N–H and O–H groups in total. The van der Waals surface area contributed by atoms with E-state index < -0.39 is 0 Å². The topological polar surface area (TPSA) is 69.0 Å². The second-order valence-electron chi connectivity index (χ2n) is 7.60. The summed E-state index contributed by atoms with van der Waals surface area (Å²) in [5.74, 6) is 2.76. The lowest BCUT2D eigenvalue weighted by molar-refractivity contribution is -0.121. The fraction of sp³-hybridized carbons (Fsp3) is 0.400. The van der Waals surface area contributed by atoms with E-state index in [1.54, 1.807) is 18.9 Å². The Morgan fingerprint density at radius 3 is 2.53 bits per heavy atom. The van der Waals surface area contributed by atoms with Gasteiger partial charge in [-0.25, -0.2) is 0 Å². The molecule has 3 rings (SSSR count). The van der Waals surface area contributed by atoms with Crippen molar-refractivity contribution in [2.45, 2.75) is 50.6 Å². The van der Waals surface area contributed by atoms with E-state index in [-0.39, 0.29) is 5.91 Å². The summed E-state index contributed by atoms with van der Waals surface area (Å²) in [6.07, 6.45) is 5.24. The summed E-state index contributed by atoms with van der Waals surface area (Å²) in [5, 5.41) is 12.8. The first kappa shape index (κ1) is 23.9. The number of rotatable bonds is 13. The third-order valence-electron chi connectivity index (χ3n) is 5.12. The molecule has 0 unspecified atom stereocenters. The van der Waals surface area contributed by atoms with Crippen molar-refractivity contribution in [1.29, 1.82) is 0 Å². The predicted molar refractivity (Wildman–Crippen MR) is 130 cm³/mol. The normalized spacial score (nSPS) is 10.8. The summed E-state index contributed by atoms with van der Waals surface area (Å²) in [5.41, 5.74) is 2.21. The van der Waals surface area contributed by atoms with E-state index in [4.69, 9.17) is 4.74 Å². The lowest BCUT2D eigenvalue weighted by atomic mass is 10.1. The first-order valence-electron chi connectivity index (χ1n) is 11.2. The van der Waals surface area contributed by atoms with Crippen LogP contribution in [0.4, 0.5) is 0 Å². The molecule has 0 aliphatic heterocycles. The number of amides is 1. The van der Waals surface area contributed by atoms with Crippen molar-refractivity contribution in [2.24, 2.45) is 0 Å². The largest absolute Gasteiger partial charge is 0.497 e. The molecule has 0 atom stereocenters. The van der Waals surface area contributed by atoms with Crippen molar-refractivity contribution in [3.8, 4) is 11.4 Å². The maximum atomic E-state index is 11.9. The van der Waals surface area contributed by atoms with Gasteiger partial charge in [-0.05, 0) is 49.1 Å². The highest BCUT2D eigenvalue weighted by Crippen LogP contribution is 2.25. The summed E-state index contributed by atoms with van der Waals surface area (Å²) in [4.78, 5) is 11.9. The zero-order valence-electron chi connectivity index (χ0n) is 18.9. The minimum atomic E-state index is 0.148.